The second-order valence-electron chi connectivity index (χ2n) is 5.01. The minimum absolute atomic E-state index is 0.143. The molecule has 0 saturated heterocycles. The fraction of sp³-hybridized carbons (Fsp3) is 0.312. The third-order valence-electron chi connectivity index (χ3n) is 3.24. The number of rotatable bonds is 5. The zero-order chi connectivity index (χ0) is 16.1. The van der Waals surface area contributed by atoms with E-state index in [1.165, 1.54) is 23.3 Å². The minimum Gasteiger partial charge on any atom is -0.469 e. The van der Waals surface area contributed by atoms with Crippen LogP contribution in [0.3, 0.4) is 0 Å². The summed E-state index contributed by atoms with van der Waals surface area (Å²) in [5.74, 6) is -0.829. The number of carbonyl (C=O) groups is 2. The van der Waals surface area contributed by atoms with Gasteiger partial charge in [0.25, 0.3) is 5.91 Å². The molecule has 1 heterocycles. The molecule has 0 radical (unpaired) electrons. The molecule has 0 saturated carbocycles. The first kappa shape index (κ1) is 16.2. The van der Waals surface area contributed by atoms with Crippen LogP contribution in [0.4, 0.5) is 0 Å². The number of aromatic nitrogens is 1. The lowest BCUT2D eigenvalue weighted by Gasteiger charge is -2.19. The molecule has 6 heteroatoms. The highest BCUT2D eigenvalue weighted by Crippen LogP contribution is 2.25. The van der Waals surface area contributed by atoms with Crippen molar-refractivity contribution in [1.82, 2.24) is 9.88 Å². The maximum Gasteiger partial charge on any atom is 0.310 e. The van der Waals surface area contributed by atoms with E-state index in [-0.39, 0.29) is 17.8 Å². The van der Waals surface area contributed by atoms with E-state index in [4.69, 9.17) is 0 Å². The smallest absolute Gasteiger partial charge is 0.310 e. The van der Waals surface area contributed by atoms with Gasteiger partial charge in [0.05, 0.1) is 19.2 Å². The van der Waals surface area contributed by atoms with Gasteiger partial charge in [0.2, 0.25) is 0 Å². The van der Waals surface area contributed by atoms with Gasteiger partial charge in [-0.2, -0.15) is 0 Å². The topological polar surface area (TPSA) is 59.5 Å². The molecule has 0 aliphatic carbocycles. The lowest BCUT2D eigenvalue weighted by atomic mass is 10.2. The van der Waals surface area contributed by atoms with E-state index in [1.54, 1.807) is 20.2 Å². The molecule has 0 bridgehead atoms. The summed E-state index contributed by atoms with van der Waals surface area (Å²) in [4.78, 5) is 30.2. The number of ether oxygens (including phenoxy) is 1. The van der Waals surface area contributed by atoms with Crippen molar-refractivity contribution in [3.8, 4) is 10.6 Å². The minimum atomic E-state index is -0.361. The molecule has 116 valence electrons. The highest BCUT2D eigenvalue weighted by molar-refractivity contribution is 7.16. The number of carbonyl (C=O) groups excluding carboxylic acids is 2. The highest BCUT2D eigenvalue weighted by atomic mass is 32.1. The second kappa shape index (κ2) is 7.17. The van der Waals surface area contributed by atoms with Crippen molar-refractivity contribution in [2.45, 2.75) is 6.92 Å². The zero-order valence-corrected chi connectivity index (χ0v) is 13.6. The summed E-state index contributed by atoms with van der Waals surface area (Å²) in [5.41, 5.74) is 0.983. The summed E-state index contributed by atoms with van der Waals surface area (Å²) >= 11 is 1.35. The Labute approximate surface area is 133 Å². The van der Waals surface area contributed by atoms with Crippen molar-refractivity contribution < 1.29 is 14.3 Å². The van der Waals surface area contributed by atoms with Crippen LogP contribution in [-0.2, 0) is 9.53 Å². The summed E-state index contributed by atoms with van der Waals surface area (Å²) < 4.78 is 4.67. The molecule has 2 aromatic rings. The molecule has 1 amide bonds. The van der Waals surface area contributed by atoms with Crippen LogP contribution in [0.2, 0.25) is 0 Å². The first-order chi connectivity index (χ1) is 10.5. The molecule has 0 aliphatic rings. The van der Waals surface area contributed by atoms with E-state index in [0.717, 1.165) is 10.6 Å². The number of methoxy groups -OCH3 is 1. The Hall–Kier alpha value is -2.21. The van der Waals surface area contributed by atoms with Gasteiger partial charge < -0.3 is 9.64 Å². The van der Waals surface area contributed by atoms with Crippen LogP contribution in [0.5, 0.6) is 0 Å². The normalized spacial score (nSPS) is 11.8. The van der Waals surface area contributed by atoms with Crippen LogP contribution in [0.1, 0.15) is 16.6 Å². The molecule has 22 heavy (non-hydrogen) atoms. The second-order valence-corrected chi connectivity index (χ2v) is 6.04. The van der Waals surface area contributed by atoms with E-state index in [2.05, 4.69) is 9.72 Å². The molecule has 1 aromatic heterocycles. The first-order valence-electron chi connectivity index (χ1n) is 6.87. The molecule has 0 spiro atoms. The van der Waals surface area contributed by atoms with Crippen LogP contribution in [0.25, 0.3) is 10.6 Å². The van der Waals surface area contributed by atoms with Crippen molar-refractivity contribution >= 4 is 23.2 Å². The molecule has 2 rings (SSSR count). The quantitative estimate of drug-likeness (QED) is 0.795. The maximum absolute atomic E-state index is 12.4. The van der Waals surface area contributed by atoms with Gasteiger partial charge in [0.15, 0.2) is 0 Å². The maximum atomic E-state index is 12.4. The fourth-order valence-electron chi connectivity index (χ4n) is 2.04. The van der Waals surface area contributed by atoms with E-state index in [0.29, 0.717) is 11.4 Å². The van der Waals surface area contributed by atoms with Crippen molar-refractivity contribution in [1.29, 1.82) is 0 Å². The molecule has 0 N–H and O–H groups in total. The number of thiazole rings is 1. The number of hydrogen-bond acceptors (Lipinski definition) is 5. The molecule has 0 aliphatic heterocycles. The number of esters is 1. The molecular formula is C16H18N2O3S. The molecule has 1 atom stereocenters. The summed E-state index contributed by atoms with van der Waals surface area (Å²) in [7, 11) is 3.01. The van der Waals surface area contributed by atoms with Crippen LogP contribution < -0.4 is 0 Å². The van der Waals surface area contributed by atoms with Crippen LogP contribution in [0, 0.1) is 5.92 Å². The van der Waals surface area contributed by atoms with E-state index in [1.807, 2.05) is 30.3 Å². The standard InChI is InChI=1S/C16H18N2O3S/c1-11(16(20)21-3)10-18(2)15(19)13-9-17-14(22-13)12-7-5-4-6-8-12/h4-9,11H,10H2,1-3H3. The largest absolute Gasteiger partial charge is 0.469 e. The number of amides is 1. The van der Waals surface area contributed by atoms with Gasteiger partial charge in [0, 0.05) is 19.2 Å². The Bertz CT molecular complexity index is 654. The van der Waals surface area contributed by atoms with Gasteiger partial charge in [-0.3, -0.25) is 9.59 Å². The Morgan fingerprint density at radius 1 is 1.32 bits per heavy atom. The van der Waals surface area contributed by atoms with Gasteiger partial charge in [-0.15, -0.1) is 11.3 Å². The van der Waals surface area contributed by atoms with Gasteiger partial charge in [-0.1, -0.05) is 37.3 Å². The summed E-state index contributed by atoms with van der Waals surface area (Å²) in [6.07, 6.45) is 1.58. The molecule has 1 unspecified atom stereocenters. The molecule has 1 aromatic carbocycles. The Kier molecular flexibility index (Phi) is 5.27. The number of nitrogens with zero attached hydrogens (tertiary/aromatic N) is 2. The van der Waals surface area contributed by atoms with Crippen molar-refractivity contribution in [2.75, 3.05) is 20.7 Å². The van der Waals surface area contributed by atoms with Gasteiger partial charge in [-0.25, -0.2) is 4.98 Å². The monoisotopic (exact) mass is 318 g/mol. The SMILES string of the molecule is COC(=O)C(C)CN(C)C(=O)c1cnc(-c2ccccc2)s1. The Morgan fingerprint density at radius 3 is 2.64 bits per heavy atom. The number of hydrogen-bond donors (Lipinski definition) is 0. The number of benzene rings is 1. The zero-order valence-electron chi connectivity index (χ0n) is 12.8. The predicted octanol–water partition coefficient (Wildman–Crippen LogP) is 2.69. The van der Waals surface area contributed by atoms with Crippen LogP contribution >= 0.6 is 11.3 Å². The van der Waals surface area contributed by atoms with E-state index in [9.17, 15) is 9.59 Å². The van der Waals surface area contributed by atoms with E-state index >= 15 is 0 Å². The van der Waals surface area contributed by atoms with Gasteiger partial charge in [-0.05, 0) is 0 Å². The Balaban J connectivity index is 2.07. The first-order valence-corrected chi connectivity index (χ1v) is 7.69. The van der Waals surface area contributed by atoms with Crippen LogP contribution in [-0.4, -0.2) is 42.5 Å². The van der Waals surface area contributed by atoms with Gasteiger partial charge >= 0.3 is 5.97 Å². The highest BCUT2D eigenvalue weighted by Gasteiger charge is 2.21. The predicted molar refractivity (Wildman–Crippen MR) is 85.7 cm³/mol. The summed E-state index contributed by atoms with van der Waals surface area (Å²) in [6.45, 7) is 2.04. The third kappa shape index (κ3) is 3.71. The van der Waals surface area contributed by atoms with Gasteiger partial charge in [0.1, 0.15) is 9.88 Å². The molecule has 0 fully saturated rings. The molecular weight excluding hydrogens is 300 g/mol. The van der Waals surface area contributed by atoms with Crippen molar-refractivity contribution in [2.24, 2.45) is 5.92 Å². The lowest BCUT2D eigenvalue weighted by Crippen LogP contribution is -2.33. The van der Waals surface area contributed by atoms with Crippen molar-refractivity contribution in [3.05, 3.63) is 41.4 Å². The van der Waals surface area contributed by atoms with E-state index < -0.39 is 0 Å². The average Bonchev–Trinajstić information content (AvgIpc) is 3.03. The fourth-order valence-corrected chi connectivity index (χ4v) is 2.96. The Morgan fingerprint density at radius 2 is 2.00 bits per heavy atom. The lowest BCUT2D eigenvalue weighted by molar-refractivity contribution is -0.145. The summed E-state index contributed by atoms with van der Waals surface area (Å²) in [6, 6.07) is 9.71. The molecule has 5 nitrogen and oxygen atoms in total. The third-order valence-corrected chi connectivity index (χ3v) is 4.27. The van der Waals surface area contributed by atoms with Crippen molar-refractivity contribution in [3.63, 3.8) is 0 Å². The average molecular weight is 318 g/mol. The van der Waals surface area contributed by atoms with Crippen LogP contribution in [0.15, 0.2) is 36.5 Å². The summed E-state index contributed by atoms with van der Waals surface area (Å²) in [5, 5.41) is 0.804.